The number of fused-ring (bicyclic) bond motifs is 3. The van der Waals surface area contributed by atoms with Crippen molar-refractivity contribution in [2.24, 2.45) is 10.7 Å². The zero-order valence-electron chi connectivity index (χ0n) is 14.3. The minimum absolute atomic E-state index is 0.123. The van der Waals surface area contributed by atoms with Crippen molar-refractivity contribution < 1.29 is 9.13 Å². The number of rotatable bonds is 5. The van der Waals surface area contributed by atoms with E-state index in [2.05, 4.69) is 21.6 Å². The number of benzene rings is 1. The Morgan fingerprint density at radius 1 is 1.38 bits per heavy atom. The molecule has 1 fully saturated rings. The summed E-state index contributed by atoms with van der Waals surface area (Å²) < 4.78 is 21.0. The SMILES string of the molecule is C=NCc1cc(COc2cc3n(c(=O)n2)C[C@H]2C[C@@H](N)CN32)ccc1F. The minimum Gasteiger partial charge on any atom is -0.473 e. The van der Waals surface area contributed by atoms with Crippen LogP contribution in [0.5, 0.6) is 5.88 Å². The predicted molar refractivity (Wildman–Crippen MR) is 96.2 cm³/mol. The van der Waals surface area contributed by atoms with Crippen molar-refractivity contribution in [2.75, 3.05) is 11.4 Å². The third kappa shape index (κ3) is 2.96. The van der Waals surface area contributed by atoms with Gasteiger partial charge in [0.1, 0.15) is 18.2 Å². The number of anilines is 1. The Kier molecular flexibility index (Phi) is 4.20. The Bertz CT molecular complexity index is 913. The quantitative estimate of drug-likeness (QED) is 0.810. The van der Waals surface area contributed by atoms with Crippen LogP contribution >= 0.6 is 0 Å². The highest BCUT2D eigenvalue weighted by molar-refractivity contribution is 5.48. The molecule has 7 nitrogen and oxygen atoms in total. The van der Waals surface area contributed by atoms with Gasteiger partial charge >= 0.3 is 5.69 Å². The maximum Gasteiger partial charge on any atom is 0.352 e. The molecule has 0 spiro atoms. The standard InChI is InChI=1S/C18H20FN5O2/c1-21-7-12-4-11(2-3-15(12)19)10-26-16-6-17-23-8-13(20)5-14(23)9-24(17)18(25)22-16/h2-4,6,13-14H,1,5,7-10,20H2/t13-,14-/m1/s1. The zero-order chi connectivity index (χ0) is 18.3. The van der Waals surface area contributed by atoms with Crippen LogP contribution in [0, 0.1) is 5.82 Å². The summed E-state index contributed by atoms with van der Waals surface area (Å²) >= 11 is 0. The number of hydrogen-bond donors (Lipinski definition) is 1. The molecule has 1 aromatic heterocycles. The number of aliphatic imine (C=N–C) groups is 1. The number of halogens is 1. The molecular weight excluding hydrogens is 337 g/mol. The van der Waals surface area contributed by atoms with E-state index in [1.807, 2.05) is 0 Å². The lowest BCUT2D eigenvalue weighted by atomic mass is 10.1. The van der Waals surface area contributed by atoms with Crippen LogP contribution in [0.3, 0.4) is 0 Å². The van der Waals surface area contributed by atoms with E-state index in [4.69, 9.17) is 10.5 Å². The van der Waals surface area contributed by atoms with Crippen molar-refractivity contribution in [3.63, 3.8) is 0 Å². The van der Waals surface area contributed by atoms with Crippen molar-refractivity contribution >= 4 is 12.5 Å². The van der Waals surface area contributed by atoms with Crippen molar-refractivity contribution in [1.29, 1.82) is 0 Å². The van der Waals surface area contributed by atoms with Gasteiger partial charge in [0.25, 0.3) is 0 Å². The lowest BCUT2D eigenvalue weighted by Gasteiger charge is -2.17. The predicted octanol–water partition coefficient (Wildman–Crippen LogP) is 1.08. The van der Waals surface area contributed by atoms with Crippen LogP contribution in [0.15, 0.2) is 34.1 Å². The third-order valence-electron chi connectivity index (χ3n) is 4.88. The molecule has 2 atom stereocenters. The molecule has 2 aromatic rings. The number of hydrogen-bond acceptors (Lipinski definition) is 6. The topological polar surface area (TPSA) is 85.7 Å². The van der Waals surface area contributed by atoms with Crippen LogP contribution in [0.4, 0.5) is 10.2 Å². The summed E-state index contributed by atoms with van der Waals surface area (Å²) in [6, 6.07) is 6.84. The second kappa shape index (κ2) is 6.53. The first-order valence-electron chi connectivity index (χ1n) is 8.52. The van der Waals surface area contributed by atoms with Gasteiger partial charge in [-0.25, -0.2) is 9.18 Å². The first-order valence-corrected chi connectivity index (χ1v) is 8.52. The molecule has 2 aliphatic rings. The van der Waals surface area contributed by atoms with Gasteiger partial charge in [-0.2, -0.15) is 4.98 Å². The summed E-state index contributed by atoms with van der Waals surface area (Å²) in [4.78, 5) is 22.1. The molecule has 1 aromatic carbocycles. The van der Waals surface area contributed by atoms with Gasteiger partial charge in [-0.15, -0.1) is 0 Å². The molecule has 0 aliphatic carbocycles. The maximum absolute atomic E-state index is 13.7. The van der Waals surface area contributed by atoms with Crippen LogP contribution in [0.1, 0.15) is 17.5 Å². The normalized spacial score (nSPS) is 20.8. The van der Waals surface area contributed by atoms with Crippen molar-refractivity contribution in [2.45, 2.75) is 38.2 Å². The van der Waals surface area contributed by atoms with Crippen molar-refractivity contribution in [3.05, 3.63) is 51.7 Å². The van der Waals surface area contributed by atoms with Crippen molar-refractivity contribution in [3.8, 4) is 5.88 Å². The Morgan fingerprint density at radius 3 is 3.04 bits per heavy atom. The van der Waals surface area contributed by atoms with E-state index in [0.29, 0.717) is 12.1 Å². The summed E-state index contributed by atoms with van der Waals surface area (Å²) in [5, 5.41) is 0. The van der Waals surface area contributed by atoms with Crippen molar-refractivity contribution in [1.82, 2.24) is 9.55 Å². The average Bonchev–Trinajstić information content (AvgIpc) is 3.13. The van der Waals surface area contributed by atoms with Crippen LogP contribution in [-0.4, -0.2) is 34.9 Å². The van der Waals surface area contributed by atoms with E-state index < -0.39 is 0 Å². The summed E-state index contributed by atoms with van der Waals surface area (Å²) in [5.41, 5.74) is 6.93. The molecule has 0 amide bonds. The molecule has 136 valence electrons. The molecule has 2 N–H and O–H groups in total. The summed E-state index contributed by atoms with van der Waals surface area (Å²) in [5.74, 6) is 0.732. The summed E-state index contributed by atoms with van der Waals surface area (Å²) in [6.45, 7) is 5.12. The van der Waals surface area contributed by atoms with E-state index in [1.165, 1.54) is 6.07 Å². The fraction of sp³-hybridized carbons (Fsp3) is 0.389. The summed E-state index contributed by atoms with van der Waals surface area (Å²) in [6.07, 6.45) is 0.868. The zero-order valence-corrected chi connectivity index (χ0v) is 14.3. The molecule has 0 radical (unpaired) electrons. The van der Waals surface area contributed by atoms with E-state index in [0.717, 1.165) is 24.3 Å². The largest absolute Gasteiger partial charge is 0.473 e. The Labute approximate surface area is 149 Å². The van der Waals surface area contributed by atoms with Crippen LogP contribution in [0.25, 0.3) is 0 Å². The molecule has 0 saturated carbocycles. The molecule has 0 unspecified atom stereocenters. The second-order valence-corrected chi connectivity index (χ2v) is 6.74. The molecule has 3 heterocycles. The highest BCUT2D eigenvalue weighted by Crippen LogP contribution is 2.32. The van der Waals surface area contributed by atoms with Gasteiger partial charge in [0.05, 0.1) is 12.6 Å². The fourth-order valence-corrected chi connectivity index (χ4v) is 3.69. The van der Waals surface area contributed by atoms with E-state index in [1.54, 1.807) is 22.8 Å². The average molecular weight is 357 g/mol. The van der Waals surface area contributed by atoms with Gasteiger partial charge in [0.15, 0.2) is 0 Å². The third-order valence-corrected chi connectivity index (χ3v) is 4.88. The first-order chi connectivity index (χ1) is 12.5. The number of aromatic nitrogens is 2. The van der Waals surface area contributed by atoms with Crippen LogP contribution in [-0.2, 0) is 19.7 Å². The van der Waals surface area contributed by atoms with E-state index >= 15 is 0 Å². The summed E-state index contributed by atoms with van der Waals surface area (Å²) in [7, 11) is 0. The maximum atomic E-state index is 13.7. The minimum atomic E-state index is -0.327. The van der Waals surface area contributed by atoms with E-state index in [9.17, 15) is 9.18 Å². The Morgan fingerprint density at radius 2 is 2.23 bits per heavy atom. The van der Waals surface area contributed by atoms with Gasteiger partial charge in [-0.3, -0.25) is 9.56 Å². The fourth-order valence-electron chi connectivity index (χ4n) is 3.69. The Balaban J connectivity index is 1.53. The van der Waals surface area contributed by atoms with Gasteiger partial charge in [-0.1, -0.05) is 6.07 Å². The van der Waals surface area contributed by atoms with Gasteiger partial charge in [0.2, 0.25) is 5.88 Å². The molecule has 1 saturated heterocycles. The first kappa shape index (κ1) is 16.7. The molecule has 8 heteroatoms. The highest BCUT2D eigenvalue weighted by Gasteiger charge is 2.38. The molecule has 0 bridgehead atoms. The number of nitrogens with two attached hydrogens (primary N) is 1. The van der Waals surface area contributed by atoms with Gasteiger partial charge in [0, 0.05) is 30.8 Å². The molecular formula is C18H20FN5O2. The number of ether oxygens (including phenoxy) is 1. The lowest BCUT2D eigenvalue weighted by molar-refractivity contribution is 0.291. The smallest absolute Gasteiger partial charge is 0.352 e. The van der Waals surface area contributed by atoms with Gasteiger partial charge < -0.3 is 15.4 Å². The lowest BCUT2D eigenvalue weighted by Crippen LogP contribution is -2.28. The van der Waals surface area contributed by atoms with E-state index in [-0.39, 0.29) is 42.6 Å². The highest BCUT2D eigenvalue weighted by atomic mass is 19.1. The second-order valence-electron chi connectivity index (χ2n) is 6.74. The number of nitrogens with zero attached hydrogens (tertiary/aromatic N) is 4. The molecule has 4 rings (SSSR count). The molecule has 2 aliphatic heterocycles. The Hall–Kier alpha value is -2.74. The van der Waals surface area contributed by atoms with Crippen LogP contribution < -0.4 is 21.1 Å². The van der Waals surface area contributed by atoms with Crippen LogP contribution in [0.2, 0.25) is 0 Å². The van der Waals surface area contributed by atoms with Gasteiger partial charge in [-0.05, 0) is 30.8 Å². The monoisotopic (exact) mass is 357 g/mol. The molecule has 26 heavy (non-hydrogen) atoms.